The van der Waals surface area contributed by atoms with Crippen molar-refractivity contribution in [2.24, 2.45) is 0 Å². The second-order valence-corrected chi connectivity index (χ2v) is 10.6. The Balaban J connectivity index is 1.50. The predicted molar refractivity (Wildman–Crippen MR) is 139 cm³/mol. The number of nitrogens with zero attached hydrogens (tertiary/aromatic N) is 2. The van der Waals surface area contributed by atoms with Gasteiger partial charge >= 0.3 is 5.97 Å². The molecule has 3 aromatic carbocycles. The fourth-order valence-corrected chi connectivity index (χ4v) is 6.04. The first-order valence-electron chi connectivity index (χ1n) is 12.0. The highest BCUT2D eigenvalue weighted by atomic mass is 32.2. The van der Waals surface area contributed by atoms with Crippen molar-refractivity contribution in [2.45, 2.75) is 30.8 Å². The molecule has 1 unspecified atom stereocenters. The zero-order valence-corrected chi connectivity index (χ0v) is 21.3. The molecule has 9 nitrogen and oxygen atoms in total. The third-order valence-corrected chi connectivity index (χ3v) is 8.18. The molecular weight excluding hydrogens is 508 g/mol. The molecule has 0 saturated carbocycles. The van der Waals surface area contributed by atoms with Crippen LogP contribution in [0.15, 0.2) is 94.4 Å². The first-order chi connectivity index (χ1) is 18.3. The monoisotopic (exact) mass is 532 g/mol. The number of sulfonamides is 1. The summed E-state index contributed by atoms with van der Waals surface area (Å²) in [5.74, 6) is -1.44. The largest absolute Gasteiger partial charge is 0.468 e. The van der Waals surface area contributed by atoms with Crippen molar-refractivity contribution in [1.29, 1.82) is 0 Å². The highest BCUT2D eigenvalue weighted by Gasteiger charge is 2.47. The molecule has 1 saturated heterocycles. The number of esters is 1. The number of anilines is 1. The maximum absolute atomic E-state index is 13.9. The molecule has 0 aliphatic carbocycles. The predicted octanol–water partition coefficient (Wildman–Crippen LogP) is 4.13. The standard InChI is InChI=1S/C28H24N2O7S/c1-2-36-28(33)20-9-12-22(13-10-20)30-26(31)17-25(27(30)32)29(18-23-8-5-15-37-23)38(34,35)24-14-11-19-6-3-4-7-21(19)16-24/h3-16,25H,2,17-18H2,1H3. The van der Waals surface area contributed by atoms with Crippen LogP contribution in [0, 0.1) is 0 Å². The van der Waals surface area contributed by atoms with Gasteiger partial charge < -0.3 is 9.15 Å². The zero-order chi connectivity index (χ0) is 26.9. The maximum Gasteiger partial charge on any atom is 0.338 e. The Morgan fingerprint density at radius 3 is 2.42 bits per heavy atom. The normalized spacial score (nSPS) is 15.9. The molecule has 1 aliphatic heterocycles. The van der Waals surface area contributed by atoms with E-state index in [1.807, 2.05) is 18.2 Å². The summed E-state index contributed by atoms with van der Waals surface area (Å²) in [6, 6.07) is 19.8. The van der Waals surface area contributed by atoms with E-state index in [0.29, 0.717) is 5.76 Å². The van der Waals surface area contributed by atoms with Gasteiger partial charge in [-0.2, -0.15) is 4.31 Å². The van der Waals surface area contributed by atoms with Gasteiger partial charge in [-0.15, -0.1) is 0 Å². The number of hydrogen-bond acceptors (Lipinski definition) is 7. The Bertz CT molecular complexity index is 1610. The molecule has 1 aromatic heterocycles. The minimum atomic E-state index is -4.23. The number of carbonyl (C=O) groups is 3. The summed E-state index contributed by atoms with van der Waals surface area (Å²) in [5, 5.41) is 1.59. The molecule has 194 valence electrons. The van der Waals surface area contributed by atoms with E-state index in [-0.39, 0.29) is 35.7 Å². The van der Waals surface area contributed by atoms with Crippen LogP contribution in [0.3, 0.4) is 0 Å². The molecule has 0 radical (unpaired) electrons. The molecular formula is C28H24N2O7S. The van der Waals surface area contributed by atoms with E-state index in [1.54, 1.807) is 37.3 Å². The van der Waals surface area contributed by atoms with Crippen molar-refractivity contribution >= 4 is 44.3 Å². The number of hydrogen-bond donors (Lipinski definition) is 0. The molecule has 0 spiro atoms. The molecule has 4 aromatic rings. The third kappa shape index (κ3) is 4.71. The zero-order valence-electron chi connectivity index (χ0n) is 20.4. The van der Waals surface area contributed by atoms with E-state index in [1.165, 1.54) is 36.6 Å². The van der Waals surface area contributed by atoms with Crippen molar-refractivity contribution in [3.8, 4) is 0 Å². The number of imide groups is 1. The average Bonchev–Trinajstić information content (AvgIpc) is 3.54. The van der Waals surface area contributed by atoms with Gasteiger partial charge in [-0.1, -0.05) is 30.3 Å². The van der Waals surface area contributed by atoms with Gasteiger partial charge in [0, 0.05) is 0 Å². The smallest absolute Gasteiger partial charge is 0.338 e. The average molecular weight is 533 g/mol. The van der Waals surface area contributed by atoms with Crippen LogP contribution in [0.25, 0.3) is 10.8 Å². The highest BCUT2D eigenvalue weighted by molar-refractivity contribution is 7.89. The molecule has 5 rings (SSSR count). The van der Waals surface area contributed by atoms with Crippen molar-refractivity contribution in [3.05, 3.63) is 96.4 Å². The summed E-state index contributed by atoms with van der Waals surface area (Å²) in [6.45, 7) is 1.67. The van der Waals surface area contributed by atoms with Crippen LogP contribution in [-0.2, 0) is 30.9 Å². The molecule has 10 heteroatoms. The second kappa shape index (κ2) is 10.2. The van der Waals surface area contributed by atoms with Crippen molar-refractivity contribution in [1.82, 2.24) is 4.31 Å². The van der Waals surface area contributed by atoms with E-state index in [2.05, 4.69) is 0 Å². The lowest BCUT2D eigenvalue weighted by atomic mass is 10.1. The number of furan rings is 1. The van der Waals surface area contributed by atoms with Gasteiger partial charge in [0.2, 0.25) is 15.9 Å². The summed E-state index contributed by atoms with van der Waals surface area (Å²) in [7, 11) is -4.23. The van der Waals surface area contributed by atoms with Crippen LogP contribution in [0.5, 0.6) is 0 Å². The highest BCUT2D eigenvalue weighted by Crippen LogP contribution is 2.32. The van der Waals surface area contributed by atoms with Crippen LogP contribution in [0.4, 0.5) is 5.69 Å². The molecule has 0 N–H and O–H groups in total. The lowest BCUT2D eigenvalue weighted by Gasteiger charge is -2.26. The molecule has 38 heavy (non-hydrogen) atoms. The molecule has 1 atom stereocenters. The second-order valence-electron chi connectivity index (χ2n) is 8.69. The Hall–Kier alpha value is -4.28. The van der Waals surface area contributed by atoms with Crippen molar-refractivity contribution < 1.29 is 32.0 Å². The lowest BCUT2D eigenvalue weighted by molar-refractivity contribution is -0.122. The van der Waals surface area contributed by atoms with Gasteiger partial charge in [0.15, 0.2) is 0 Å². The lowest BCUT2D eigenvalue weighted by Crippen LogP contribution is -2.45. The summed E-state index contributed by atoms with van der Waals surface area (Å²) < 4.78 is 39.2. The van der Waals surface area contributed by atoms with Crippen LogP contribution in [0.1, 0.15) is 29.5 Å². The number of carbonyl (C=O) groups excluding carboxylic acids is 3. The third-order valence-electron chi connectivity index (χ3n) is 6.33. The van der Waals surface area contributed by atoms with E-state index in [0.717, 1.165) is 20.0 Å². The van der Waals surface area contributed by atoms with E-state index >= 15 is 0 Å². The first kappa shape index (κ1) is 25.4. The molecule has 1 fully saturated rings. The number of rotatable bonds is 8. The van der Waals surface area contributed by atoms with Gasteiger partial charge in [-0.05, 0) is 66.2 Å². The molecule has 1 aliphatic rings. The van der Waals surface area contributed by atoms with Gasteiger partial charge in [0.05, 0.1) is 42.0 Å². The molecule has 2 amide bonds. The minimum absolute atomic E-state index is 0.000226. The SMILES string of the molecule is CCOC(=O)c1ccc(N2C(=O)CC(N(Cc3ccco3)S(=O)(=O)c3ccc4ccccc4c3)C2=O)cc1. The number of fused-ring (bicyclic) bond motifs is 1. The van der Waals surface area contributed by atoms with Gasteiger partial charge in [0.1, 0.15) is 11.8 Å². The van der Waals surface area contributed by atoms with Crippen LogP contribution < -0.4 is 4.90 Å². The summed E-state index contributed by atoms with van der Waals surface area (Å²) in [5.41, 5.74) is 0.501. The summed E-state index contributed by atoms with van der Waals surface area (Å²) in [6.07, 6.45) is 1.07. The molecule has 2 heterocycles. The first-order valence-corrected chi connectivity index (χ1v) is 13.4. The van der Waals surface area contributed by atoms with Crippen molar-refractivity contribution in [3.63, 3.8) is 0 Å². The maximum atomic E-state index is 13.9. The van der Waals surface area contributed by atoms with Gasteiger partial charge in [-0.25, -0.2) is 18.1 Å². The number of amides is 2. The van der Waals surface area contributed by atoms with Gasteiger partial charge in [0.25, 0.3) is 5.91 Å². The topological polar surface area (TPSA) is 114 Å². The fraction of sp³-hybridized carbons (Fsp3) is 0.179. The van der Waals surface area contributed by atoms with Gasteiger partial charge in [-0.3, -0.25) is 9.59 Å². The van der Waals surface area contributed by atoms with Crippen LogP contribution in [0.2, 0.25) is 0 Å². The number of benzene rings is 3. The van der Waals surface area contributed by atoms with E-state index in [4.69, 9.17) is 9.15 Å². The quantitative estimate of drug-likeness (QED) is 0.248. The Morgan fingerprint density at radius 2 is 1.74 bits per heavy atom. The number of ether oxygens (including phenoxy) is 1. The Kier molecular flexibility index (Phi) is 6.83. The summed E-state index contributed by atoms with van der Waals surface area (Å²) >= 11 is 0. The van der Waals surface area contributed by atoms with Crippen LogP contribution in [-0.4, -0.2) is 43.2 Å². The Labute approximate surface area is 219 Å². The van der Waals surface area contributed by atoms with Crippen LogP contribution >= 0.6 is 0 Å². The fourth-order valence-electron chi connectivity index (χ4n) is 4.46. The van der Waals surface area contributed by atoms with E-state index in [9.17, 15) is 22.8 Å². The molecule has 0 bridgehead atoms. The Morgan fingerprint density at radius 1 is 1.00 bits per heavy atom. The summed E-state index contributed by atoms with van der Waals surface area (Å²) in [4.78, 5) is 39.5. The van der Waals surface area contributed by atoms with Crippen molar-refractivity contribution in [2.75, 3.05) is 11.5 Å². The minimum Gasteiger partial charge on any atom is -0.468 e. The van der Waals surface area contributed by atoms with E-state index < -0.39 is 33.8 Å².